The van der Waals surface area contributed by atoms with Crippen LogP contribution in [-0.2, 0) is 6.61 Å². The highest BCUT2D eigenvalue weighted by Crippen LogP contribution is 2.22. The molecule has 3 heteroatoms. The molecule has 1 heterocycles. The lowest BCUT2D eigenvalue weighted by Crippen LogP contribution is -1.88. The Morgan fingerprint density at radius 2 is 2.46 bits per heavy atom. The number of hydrogen-bond acceptors (Lipinski definition) is 3. The van der Waals surface area contributed by atoms with Gasteiger partial charge in [0, 0.05) is 10.9 Å². The third-order valence-corrected chi connectivity index (χ3v) is 2.41. The summed E-state index contributed by atoms with van der Waals surface area (Å²) < 4.78 is 0. The first-order chi connectivity index (χ1) is 6.42. The minimum atomic E-state index is 0.0319. The number of aliphatic hydroxyl groups excluding tert-OH is 1. The van der Waals surface area contributed by atoms with Crippen LogP contribution in [0.3, 0.4) is 0 Å². The highest BCUT2D eigenvalue weighted by molar-refractivity contribution is 7.07. The molecular formula is C10H8NOS. The van der Waals surface area contributed by atoms with Crippen LogP contribution in [0.5, 0.6) is 0 Å². The monoisotopic (exact) mass is 190 g/mol. The Morgan fingerprint density at radius 3 is 3.15 bits per heavy atom. The van der Waals surface area contributed by atoms with Gasteiger partial charge in [0.1, 0.15) is 0 Å². The molecule has 65 valence electrons. The lowest BCUT2D eigenvalue weighted by molar-refractivity contribution is 0.282. The summed E-state index contributed by atoms with van der Waals surface area (Å²) in [7, 11) is 0. The number of aromatic nitrogens is 1. The molecule has 2 nitrogen and oxygen atoms in total. The molecule has 1 N–H and O–H groups in total. The van der Waals surface area contributed by atoms with E-state index in [0.717, 1.165) is 16.8 Å². The van der Waals surface area contributed by atoms with E-state index in [9.17, 15) is 0 Å². The first-order valence-electron chi connectivity index (χ1n) is 3.90. The van der Waals surface area contributed by atoms with Crippen molar-refractivity contribution >= 4 is 11.3 Å². The molecular weight excluding hydrogens is 182 g/mol. The van der Waals surface area contributed by atoms with Crippen LogP contribution in [0, 0.1) is 6.07 Å². The summed E-state index contributed by atoms with van der Waals surface area (Å²) in [6, 6.07) is 8.46. The van der Waals surface area contributed by atoms with E-state index < -0.39 is 0 Å². The Morgan fingerprint density at radius 1 is 1.54 bits per heavy atom. The number of nitrogens with zero attached hydrogens (tertiary/aromatic N) is 1. The Balaban J connectivity index is 2.51. The fourth-order valence-corrected chi connectivity index (χ4v) is 1.74. The SMILES string of the molecule is OCc1c[c]ccc1-c1cscn1. The third kappa shape index (κ3) is 1.61. The smallest absolute Gasteiger partial charge is 0.0814 e. The zero-order valence-electron chi connectivity index (χ0n) is 6.90. The number of aliphatic hydroxyl groups is 1. The minimum Gasteiger partial charge on any atom is -0.392 e. The lowest BCUT2D eigenvalue weighted by atomic mass is 10.1. The second kappa shape index (κ2) is 3.68. The van der Waals surface area contributed by atoms with Gasteiger partial charge < -0.3 is 5.11 Å². The molecule has 1 aromatic carbocycles. The Bertz CT molecular complexity index is 384. The van der Waals surface area contributed by atoms with Crippen LogP contribution in [0.2, 0.25) is 0 Å². The van der Waals surface area contributed by atoms with Crippen LogP contribution in [0.15, 0.2) is 29.1 Å². The summed E-state index contributed by atoms with van der Waals surface area (Å²) in [5.74, 6) is 0. The van der Waals surface area contributed by atoms with E-state index in [1.165, 1.54) is 0 Å². The maximum atomic E-state index is 9.07. The second-order valence-electron chi connectivity index (χ2n) is 2.62. The van der Waals surface area contributed by atoms with E-state index in [0.29, 0.717) is 0 Å². The van der Waals surface area contributed by atoms with E-state index in [4.69, 9.17) is 5.11 Å². The molecule has 0 saturated carbocycles. The Kier molecular flexibility index (Phi) is 2.38. The predicted octanol–water partition coefficient (Wildman–Crippen LogP) is 2.10. The van der Waals surface area contributed by atoms with Gasteiger partial charge in [-0.1, -0.05) is 12.1 Å². The summed E-state index contributed by atoms with van der Waals surface area (Å²) in [6.07, 6.45) is 0. The van der Waals surface area contributed by atoms with Crippen molar-refractivity contribution in [2.45, 2.75) is 6.61 Å². The molecule has 0 unspecified atom stereocenters. The molecule has 0 fully saturated rings. The van der Waals surface area contributed by atoms with E-state index >= 15 is 0 Å². The van der Waals surface area contributed by atoms with Gasteiger partial charge in [-0.25, -0.2) is 4.98 Å². The average Bonchev–Trinajstić information content (AvgIpc) is 2.70. The molecule has 0 saturated heterocycles. The second-order valence-corrected chi connectivity index (χ2v) is 3.33. The summed E-state index contributed by atoms with van der Waals surface area (Å²) in [5, 5.41) is 11.0. The molecule has 0 bridgehead atoms. The van der Waals surface area contributed by atoms with Crippen LogP contribution in [0.25, 0.3) is 11.3 Å². The van der Waals surface area contributed by atoms with Crippen molar-refractivity contribution in [3.05, 3.63) is 40.7 Å². The third-order valence-electron chi connectivity index (χ3n) is 1.83. The summed E-state index contributed by atoms with van der Waals surface area (Å²) >= 11 is 1.55. The maximum absolute atomic E-state index is 9.07. The van der Waals surface area contributed by atoms with Gasteiger partial charge in [-0.15, -0.1) is 11.3 Å². The first-order valence-corrected chi connectivity index (χ1v) is 4.84. The standard InChI is InChI=1S/C10H8NOS/c12-5-8-3-1-2-4-9(8)10-6-13-7-11-10/h2-4,6-7,12H,5H2. The van der Waals surface area contributed by atoms with E-state index in [-0.39, 0.29) is 6.61 Å². The van der Waals surface area contributed by atoms with Gasteiger partial charge in [0.25, 0.3) is 0 Å². The minimum absolute atomic E-state index is 0.0319. The van der Waals surface area contributed by atoms with Gasteiger partial charge in [-0.3, -0.25) is 0 Å². The lowest BCUT2D eigenvalue weighted by Gasteiger charge is -2.02. The molecule has 0 aliphatic rings. The zero-order valence-corrected chi connectivity index (χ0v) is 7.71. The summed E-state index contributed by atoms with van der Waals surface area (Å²) in [4.78, 5) is 4.19. The van der Waals surface area contributed by atoms with Crippen LogP contribution in [-0.4, -0.2) is 10.1 Å². The zero-order chi connectivity index (χ0) is 9.10. The highest BCUT2D eigenvalue weighted by Gasteiger charge is 2.04. The van der Waals surface area contributed by atoms with Crippen molar-refractivity contribution in [3.8, 4) is 11.3 Å². The molecule has 13 heavy (non-hydrogen) atoms. The van der Waals surface area contributed by atoms with Gasteiger partial charge in [0.05, 0.1) is 17.8 Å². The molecule has 0 aliphatic heterocycles. The topological polar surface area (TPSA) is 33.1 Å². The van der Waals surface area contributed by atoms with Crippen LogP contribution < -0.4 is 0 Å². The average molecular weight is 190 g/mol. The van der Waals surface area contributed by atoms with Crippen molar-refractivity contribution in [2.75, 3.05) is 0 Å². The maximum Gasteiger partial charge on any atom is 0.0814 e. The Labute approximate surface area is 80.5 Å². The summed E-state index contributed by atoms with van der Waals surface area (Å²) in [5.41, 5.74) is 4.56. The van der Waals surface area contributed by atoms with Crippen molar-refractivity contribution in [1.29, 1.82) is 0 Å². The van der Waals surface area contributed by atoms with Crippen molar-refractivity contribution in [2.24, 2.45) is 0 Å². The van der Waals surface area contributed by atoms with Gasteiger partial charge in [-0.2, -0.15) is 0 Å². The van der Waals surface area contributed by atoms with E-state index in [1.54, 1.807) is 22.9 Å². The van der Waals surface area contributed by atoms with Crippen molar-refractivity contribution < 1.29 is 5.11 Å². The van der Waals surface area contributed by atoms with Gasteiger partial charge in [0.15, 0.2) is 0 Å². The number of hydrogen-bond donors (Lipinski definition) is 1. The normalized spacial score (nSPS) is 10.2. The van der Waals surface area contributed by atoms with Crippen LogP contribution in [0.1, 0.15) is 5.56 Å². The molecule has 0 atom stereocenters. The number of thiazole rings is 1. The molecule has 2 aromatic rings. The molecule has 1 radical (unpaired) electrons. The quantitative estimate of drug-likeness (QED) is 0.786. The molecule has 2 rings (SSSR count). The van der Waals surface area contributed by atoms with Crippen LogP contribution >= 0.6 is 11.3 Å². The summed E-state index contributed by atoms with van der Waals surface area (Å²) in [6.45, 7) is 0.0319. The van der Waals surface area contributed by atoms with E-state index in [1.807, 2.05) is 17.5 Å². The highest BCUT2D eigenvalue weighted by atomic mass is 32.1. The predicted molar refractivity (Wildman–Crippen MR) is 52.3 cm³/mol. The number of rotatable bonds is 2. The van der Waals surface area contributed by atoms with Crippen LogP contribution in [0.4, 0.5) is 0 Å². The van der Waals surface area contributed by atoms with Gasteiger partial charge >= 0.3 is 0 Å². The fourth-order valence-electron chi connectivity index (χ4n) is 1.19. The first kappa shape index (κ1) is 8.41. The number of benzene rings is 1. The van der Waals surface area contributed by atoms with Crippen molar-refractivity contribution in [3.63, 3.8) is 0 Å². The Hall–Kier alpha value is -1.19. The molecule has 1 aromatic heterocycles. The van der Waals surface area contributed by atoms with Gasteiger partial charge in [0.2, 0.25) is 0 Å². The fraction of sp³-hybridized carbons (Fsp3) is 0.100. The molecule has 0 amide bonds. The van der Waals surface area contributed by atoms with Crippen molar-refractivity contribution in [1.82, 2.24) is 4.98 Å². The molecule has 0 spiro atoms. The van der Waals surface area contributed by atoms with E-state index in [2.05, 4.69) is 11.1 Å². The largest absolute Gasteiger partial charge is 0.392 e. The molecule has 0 aliphatic carbocycles. The van der Waals surface area contributed by atoms with Gasteiger partial charge in [-0.05, 0) is 17.7 Å².